The summed E-state index contributed by atoms with van der Waals surface area (Å²) in [7, 11) is 2.50. The molecule has 1 unspecified atom stereocenters. The first kappa shape index (κ1) is 15.5. The SMILES string of the molecule is CC[C@H]1N[C@H](CC)C(C(=O)OC)C(O)=C1C(=O)OC. The van der Waals surface area contributed by atoms with E-state index < -0.39 is 17.9 Å². The number of methoxy groups -OCH3 is 2. The molecule has 0 bridgehead atoms. The molecular formula is C13H21NO5. The van der Waals surface area contributed by atoms with E-state index in [-0.39, 0.29) is 23.4 Å². The largest absolute Gasteiger partial charge is 0.511 e. The molecule has 0 aromatic rings. The molecule has 6 nitrogen and oxygen atoms in total. The smallest absolute Gasteiger partial charge is 0.338 e. The van der Waals surface area contributed by atoms with E-state index in [1.165, 1.54) is 14.2 Å². The third kappa shape index (κ3) is 2.89. The first-order valence-electron chi connectivity index (χ1n) is 6.36. The number of carbonyl (C=O) groups is 2. The number of carbonyl (C=O) groups excluding carboxylic acids is 2. The van der Waals surface area contributed by atoms with E-state index in [0.29, 0.717) is 12.8 Å². The van der Waals surface area contributed by atoms with Crippen LogP contribution in [0.25, 0.3) is 0 Å². The highest BCUT2D eigenvalue weighted by atomic mass is 16.5. The van der Waals surface area contributed by atoms with Crippen molar-refractivity contribution in [3.63, 3.8) is 0 Å². The van der Waals surface area contributed by atoms with Crippen molar-refractivity contribution in [1.82, 2.24) is 5.32 Å². The van der Waals surface area contributed by atoms with E-state index in [0.717, 1.165) is 0 Å². The van der Waals surface area contributed by atoms with E-state index in [4.69, 9.17) is 4.74 Å². The van der Waals surface area contributed by atoms with Crippen LogP contribution in [-0.4, -0.2) is 43.3 Å². The molecule has 0 aromatic carbocycles. The van der Waals surface area contributed by atoms with Gasteiger partial charge in [0.1, 0.15) is 11.7 Å². The Balaban J connectivity index is 3.27. The first-order valence-corrected chi connectivity index (χ1v) is 6.36. The first-order chi connectivity index (χ1) is 9.01. The lowest BCUT2D eigenvalue weighted by atomic mass is 9.84. The minimum absolute atomic E-state index is 0.116. The van der Waals surface area contributed by atoms with Crippen molar-refractivity contribution >= 4 is 11.9 Å². The van der Waals surface area contributed by atoms with Crippen LogP contribution in [0.1, 0.15) is 26.7 Å². The van der Waals surface area contributed by atoms with Crippen LogP contribution >= 0.6 is 0 Å². The van der Waals surface area contributed by atoms with Crippen LogP contribution in [0.3, 0.4) is 0 Å². The van der Waals surface area contributed by atoms with Crippen molar-refractivity contribution in [3.8, 4) is 0 Å². The molecule has 1 rings (SSSR count). The zero-order chi connectivity index (χ0) is 14.6. The summed E-state index contributed by atoms with van der Waals surface area (Å²) in [4.78, 5) is 23.6. The van der Waals surface area contributed by atoms with Crippen molar-refractivity contribution in [2.45, 2.75) is 38.8 Å². The molecule has 0 aromatic heterocycles. The summed E-state index contributed by atoms with van der Waals surface area (Å²) in [5, 5.41) is 13.5. The van der Waals surface area contributed by atoms with Gasteiger partial charge in [0.2, 0.25) is 0 Å². The van der Waals surface area contributed by atoms with E-state index in [1.54, 1.807) is 0 Å². The van der Waals surface area contributed by atoms with Crippen molar-refractivity contribution < 1.29 is 24.2 Å². The van der Waals surface area contributed by atoms with Gasteiger partial charge in [-0.3, -0.25) is 4.79 Å². The van der Waals surface area contributed by atoms with Gasteiger partial charge in [0.15, 0.2) is 0 Å². The Labute approximate surface area is 112 Å². The van der Waals surface area contributed by atoms with Gasteiger partial charge in [0, 0.05) is 12.1 Å². The van der Waals surface area contributed by atoms with Gasteiger partial charge in [-0.05, 0) is 12.8 Å². The van der Waals surface area contributed by atoms with E-state index >= 15 is 0 Å². The average Bonchev–Trinajstić information content (AvgIpc) is 2.44. The van der Waals surface area contributed by atoms with E-state index in [9.17, 15) is 14.7 Å². The molecule has 6 heteroatoms. The lowest BCUT2D eigenvalue weighted by molar-refractivity contribution is -0.146. The van der Waals surface area contributed by atoms with Gasteiger partial charge in [-0.25, -0.2) is 4.79 Å². The Kier molecular flexibility index (Phi) is 5.35. The molecule has 0 radical (unpaired) electrons. The average molecular weight is 271 g/mol. The number of nitrogens with one attached hydrogen (secondary N) is 1. The van der Waals surface area contributed by atoms with Gasteiger partial charge in [0.25, 0.3) is 0 Å². The zero-order valence-corrected chi connectivity index (χ0v) is 11.7. The Bertz CT molecular complexity index is 390. The highest BCUT2D eigenvalue weighted by molar-refractivity contribution is 5.92. The molecule has 0 spiro atoms. The van der Waals surface area contributed by atoms with Crippen LogP contribution in [0.2, 0.25) is 0 Å². The van der Waals surface area contributed by atoms with E-state index in [1.807, 2.05) is 13.8 Å². The maximum absolute atomic E-state index is 11.8. The lowest BCUT2D eigenvalue weighted by Crippen LogP contribution is -2.52. The number of ether oxygens (including phenoxy) is 2. The normalized spacial score (nSPS) is 27.1. The van der Waals surface area contributed by atoms with Crippen molar-refractivity contribution in [1.29, 1.82) is 0 Å². The fraction of sp³-hybridized carbons (Fsp3) is 0.692. The van der Waals surface area contributed by atoms with Gasteiger partial charge in [0.05, 0.1) is 19.8 Å². The molecule has 2 N–H and O–H groups in total. The molecule has 19 heavy (non-hydrogen) atoms. The molecule has 0 saturated heterocycles. The lowest BCUT2D eigenvalue weighted by Gasteiger charge is -2.35. The van der Waals surface area contributed by atoms with Gasteiger partial charge < -0.3 is 19.9 Å². The zero-order valence-electron chi connectivity index (χ0n) is 11.7. The maximum Gasteiger partial charge on any atom is 0.338 e. The number of esters is 2. The highest BCUT2D eigenvalue weighted by Crippen LogP contribution is 2.29. The fourth-order valence-electron chi connectivity index (χ4n) is 2.41. The summed E-state index contributed by atoms with van der Waals surface area (Å²) in [5.41, 5.74) is 0.116. The predicted octanol–water partition coefficient (Wildman–Crippen LogP) is 0.921. The monoisotopic (exact) mass is 271 g/mol. The number of aliphatic hydroxyl groups is 1. The summed E-state index contributed by atoms with van der Waals surface area (Å²) in [6.45, 7) is 3.79. The third-order valence-corrected chi connectivity index (χ3v) is 3.45. The quantitative estimate of drug-likeness (QED) is 0.740. The Hall–Kier alpha value is -1.56. The summed E-state index contributed by atoms with van der Waals surface area (Å²) < 4.78 is 9.37. The highest BCUT2D eigenvalue weighted by Gasteiger charge is 2.42. The second-order valence-corrected chi connectivity index (χ2v) is 4.43. The van der Waals surface area contributed by atoms with Gasteiger partial charge in [-0.15, -0.1) is 0 Å². The van der Waals surface area contributed by atoms with Crippen LogP contribution in [0.4, 0.5) is 0 Å². The van der Waals surface area contributed by atoms with Crippen molar-refractivity contribution in [3.05, 3.63) is 11.3 Å². The molecular weight excluding hydrogens is 250 g/mol. The van der Waals surface area contributed by atoms with Crippen LogP contribution in [-0.2, 0) is 19.1 Å². The van der Waals surface area contributed by atoms with Crippen molar-refractivity contribution in [2.75, 3.05) is 14.2 Å². The van der Waals surface area contributed by atoms with Gasteiger partial charge >= 0.3 is 11.9 Å². The minimum atomic E-state index is -0.869. The van der Waals surface area contributed by atoms with Crippen molar-refractivity contribution in [2.24, 2.45) is 5.92 Å². The second-order valence-electron chi connectivity index (χ2n) is 4.43. The molecule has 1 aliphatic rings. The molecule has 0 fully saturated rings. The fourth-order valence-corrected chi connectivity index (χ4v) is 2.41. The number of hydrogen-bond donors (Lipinski definition) is 2. The van der Waals surface area contributed by atoms with Crippen LogP contribution in [0, 0.1) is 5.92 Å². The second kappa shape index (κ2) is 6.56. The summed E-state index contributed by atoms with van der Waals surface area (Å²) in [6, 6.07) is -0.580. The number of rotatable bonds is 4. The molecule has 0 saturated carbocycles. The molecule has 0 amide bonds. The standard InChI is InChI=1S/C13H21NO5/c1-5-7-9(12(16)18-3)11(15)10(13(17)19-4)8(6-2)14-7/h7-9,14-15H,5-6H2,1-4H3/t7-,8-,9?/m1/s1. The van der Waals surface area contributed by atoms with E-state index in [2.05, 4.69) is 10.1 Å². The minimum Gasteiger partial charge on any atom is -0.511 e. The van der Waals surface area contributed by atoms with Gasteiger partial charge in [-0.2, -0.15) is 0 Å². The summed E-state index contributed by atoms with van der Waals surface area (Å²) in [6.07, 6.45) is 1.24. The molecule has 108 valence electrons. The third-order valence-electron chi connectivity index (χ3n) is 3.45. The van der Waals surface area contributed by atoms with Crippen LogP contribution in [0.15, 0.2) is 11.3 Å². The predicted molar refractivity (Wildman–Crippen MR) is 68.5 cm³/mol. The molecule has 1 aliphatic heterocycles. The van der Waals surface area contributed by atoms with Crippen LogP contribution < -0.4 is 5.32 Å². The molecule has 0 aliphatic carbocycles. The Morgan fingerprint density at radius 2 is 1.84 bits per heavy atom. The summed E-state index contributed by atoms with van der Waals surface area (Å²) >= 11 is 0. The topological polar surface area (TPSA) is 84.9 Å². The molecule has 3 atom stereocenters. The Morgan fingerprint density at radius 3 is 2.26 bits per heavy atom. The maximum atomic E-state index is 11.8. The Morgan fingerprint density at radius 1 is 1.21 bits per heavy atom. The molecule has 1 heterocycles. The number of hydrogen-bond acceptors (Lipinski definition) is 6. The van der Waals surface area contributed by atoms with Crippen LogP contribution in [0.5, 0.6) is 0 Å². The van der Waals surface area contributed by atoms with Gasteiger partial charge in [-0.1, -0.05) is 13.8 Å². The number of aliphatic hydroxyl groups excluding tert-OH is 1. The summed E-state index contributed by atoms with van der Waals surface area (Å²) in [5.74, 6) is -2.30.